The second-order valence-electron chi connectivity index (χ2n) is 4.09. The average Bonchev–Trinajstić information content (AvgIpc) is 2.41. The zero-order valence-electron chi connectivity index (χ0n) is 10.2. The van der Waals surface area contributed by atoms with E-state index in [1.54, 1.807) is 30.5 Å². The van der Waals surface area contributed by atoms with E-state index in [1.807, 2.05) is 12.1 Å². The highest BCUT2D eigenvalue weighted by atomic mass is 32.1. The van der Waals surface area contributed by atoms with Crippen LogP contribution in [0.4, 0.5) is 0 Å². The number of nitrogens with one attached hydrogen (secondary N) is 2. The summed E-state index contributed by atoms with van der Waals surface area (Å²) in [5.74, 6) is 0.0592. The lowest BCUT2D eigenvalue weighted by atomic mass is 10.1. The maximum Gasteiger partial charge on any atom is 0.254 e. The number of phenols is 1. The first-order chi connectivity index (χ1) is 9.16. The predicted octanol–water partition coefficient (Wildman–Crippen LogP) is 2.42. The highest BCUT2D eigenvalue weighted by Crippen LogP contribution is 2.09. The Kier molecular flexibility index (Phi) is 4.30. The number of benzene rings is 1. The van der Waals surface area contributed by atoms with E-state index in [0.29, 0.717) is 23.2 Å². The summed E-state index contributed by atoms with van der Waals surface area (Å²) in [6.07, 6.45) is 2.39. The van der Waals surface area contributed by atoms with Crippen LogP contribution in [0.5, 0.6) is 5.75 Å². The Morgan fingerprint density at radius 1 is 1.26 bits per heavy atom. The summed E-state index contributed by atoms with van der Waals surface area (Å²) >= 11 is 5.04. The minimum absolute atomic E-state index is 0.180. The summed E-state index contributed by atoms with van der Waals surface area (Å²) in [5, 5.41) is 12.0. The monoisotopic (exact) mass is 274 g/mol. The number of H-pyrrole nitrogens is 1. The van der Waals surface area contributed by atoms with Gasteiger partial charge in [-0.15, -0.1) is 0 Å². The van der Waals surface area contributed by atoms with E-state index in [1.165, 1.54) is 0 Å². The van der Waals surface area contributed by atoms with E-state index < -0.39 is 0 Å². The first-order valence-electron chi connectivity index (χ1n) is 5.90. The van der Waals surface area contributed by atoms with Gasteiger partial charge in [-0.05, 0) is 36.2 Å². The second-order valence-corrected chi connectivity index (χ2v) is 4.49. The molecule has 0 fully saturated rings. The number of hydrogen-bond acceptors (Lipinski definition) is 3. The van der Waals surface area contributed by atoms with Crippen molar-refractivity contribution in [2.75, 3.05) is 6.54 Å². The fourth-order valence-corrected chi connectivity index (χ4v) is 1.91. The molecule has 1 heterocycles. The molecule has 1 aromatic carbocycles. The Bertz CT molecular complexity index is 620. The molecule has 2 rings (SSSR count). The number of aromatic hydroxyl groups is 1. The molecule has 0 saturated heterocycles. The molecule has 4 nitrogen and oxygen atoms in total. The number of hydrogen-bond donors (Lipinski definition) is 3. The maximum atomic E-state index is 11.9. The van der Waals surface area contributed by atoms with Crippen molar-refractivity contribution in [3.8, 4) is 5.75 Å². The Balaban J connectivity index is 1.89. The third-order valence-corrected chi connectivity index (χ3v) is 3.04. The standard InChI is InChI=1S/C14H14N2O2S/c17-11-5-3-10(4-6-11)7-9-15-13(18)12-2-1-8-16-14(12)19/h1-6,8,17H,7,9H2,(H,15,18)(H,16,19). The molecule has 19 heavy (non-hydrogen) atoms. The van der Waals surface area contributed by atoms with Crippen LogP contribution in [-0.4, -0.2) is 22.5 Å². The van der Waals surface area contributed by atoms with Crippen LogP contribution < -0.4 is 5.32 Å². The fraction of sp³-hybridized carbons (Fsp3) is 0.143. The number of aromatic nitrogens is 1. The van der Waals surface area contributed by atoms with E-state index in [4.69, 9.17) is 17.3 Å². The van der Waals surface area contributed by atoms with E-state index in [2.05, 4.69) is 10.3 Å². The number of carbonyl (C=O) groups is 1. The summed E-state index contributed by atoms with van der Waals surface area (Å²) in [7, 11) is 0. The molecule has 0 bridgehead atoms. The lowest BCUT2D eigenvalue weighted by Crippen LogP contribution is -2.26. The molecule has 0 aliphatic rings. The molecule has 0 aliphatic carbocycles. The number of rotatable bonds is 4. The molecule has 1 amide bonds. The molecule has 98 valence electrons. The van der Waals surface area contributed by atoms with Crippen LogP contribution >= 0.6 is 12.2 Å². The van der Waals surface area contributed by atoms with Gasteiger partial charge < -0.3 is 15.4 Å². The number of pyridine rings is 1. The van der Waals surface area contributed by atoms with Gasteiger partial charge in [0.2, 0.25) is 0 Å². The van der Waals surface area contributed by atoms with Gasteiger partial charge >= 0.3 is 0 Å². The van der Waals surface area contributed by atoms with Gasteiger partial charge in [0, 0.05) is 12.7 Å². The Morgan fingerprint density at radius 3 is 2.68 bits per heavy atom. The van der Waals surface area contributed by atoms with Gasteiger partial charge in [0.1, 0.15) is 10.4 Å². The first kappa shape index (κ1) is 13.3. The predicted molar refractivity (Wildman–Crippen MR) is 75.8 cm³/mol. The zero-order valence-corrected chi connectivity index (χ0v) is 11.0. The lowest BCUT2D eigenvalue weighted by Gasteiger charge is -2.05. The van der Waals surface area contributed by atoms with Crippen molar-refractivity contribution in [3.05, 3.63) is 58.4 Å². The molecule has 2 aromatic rings. The van der Waals surface area contributed by atoms with Crippen molar-refractivity contribution in [2.45, 2.75) is 6.42 Å². The largest absolute Gasteiger partial charge is 0.508 e. The van der Waals surface area contributed by atoms with Crippen molar-refractivity contribution in [3.63, 3.8) is 0 Å². The highest BCUT2D eigenvalue weighted by molar-refractivity contribution is 7.71. The molecule has 5 heteroatoms. The molecule has 0 unspecified atom stereocenters. The maximum absolute atomic E-state index is 11.9. The average molecular weight is 274 g/mol. The number of carbonyl (C=O) groups excluding carboxylic acids is 1. The van der Waals surface area contributed by atoms with Crippen LogP contribution in [0.15, 0.2) is 42.6 Å². The van der Waals surface area contributed by atoms with Crippen LogP contribution in [0.2, 0.25) is 0 Å². The van der Waals surface area contributed by atoms with E-state index in [0.717, 1.165) is 5.56 Å². The number of aromatic amines is 1. The molecule has 0 spiro atoms. The van der Waals surface area contributed by atoms with Crippen LogP contribution in [0, 0.1) is 4.64 Å². The molecule has 1 aromatic heterocycles. The van der Waals surface area contributed by atoms with Gasteiger partial charge in [-0.25, -0.2) is 0 Å². The van der Waals surface area contributed by atoms with Crippen molar-refractivity contribution < 1.29 is 9.90 Å². The van der Waals surface area contributed by atoms with Gasteiger partial charge in [-0.1, -0.05) is 24.4 Å². The van der Waals surface area contributed by atoms with E-state index in [9.17, 15) is 4.79 Å². The molecule has 3 N–H and O–H groups in total. The molecule has 0 atom stereocenters. The summed E-state index contributed by atoms with van der Waals surface area (Å²) in [4.78, 5) is 14.7. The number of amides is 1. The Labute approximate surface area is 116 Å². The van der Waals surface area contributed by atoms with Gasteiger partial charge in [0.05, 0.1) is 5.56 Å². The highest BCUT2D eigenvalue weighted by Gasteiger charge is 2.06. The van der Waals surface area contributed by atoms with Crippen LogP contribution in [0.1, 0.15) is 15.9 Å². The summed E-state index contributed by atoms with van der Waals surface area (Å²) < 4.78 is 0.435. The Morgan fingerprint density at radius 2 is 2.00 bits per heavy atom. The summed E-state index contributed by atoms with van der Waals surface area (Å²) in [6, 6.07) is 10.3. The number of phenolic OH excluding ortho intramolecular Hbond substituents is 1. The minimum atomic E-state index is -0.180. The quantitative estimate of drug-likeness (QED) is 0.750. The molecule has 0 aliphatic heterocycles. The van der Waals surface area contributed by atoms with Crippen LogP contribution in [-0.2, 0) is 6.42 Å². The van der Waals surface area contributed by atoms with Gasteiger partial charge in [0.25, 0.3) is 5.91 Å². The fourth-order valence-electron chi connectivity index (χ4n) is 1.68. The van der Waals surface area contributed by atoms with E-state index in [-0.39, 0.29) is 11.7 Å². The SMILES string of the molecule is O=C(NCCc1ccc(O)cc1)c1ccc[nH]c1=S. The molecular formula is C14H14N2O2S. The van der Waals surface area contributed by atoms with Crippen LogP contribution in [0.3, 0.4) is 0 Å². The first-order valence-corrected chi connectivity index (χ1v) is 6.31. The molecule has 0 saturated carbocycles. The van der Waals surface area contributed by atoms with Crippen molar-refractivity contribution >= 4 is 18.1 Å². The van der Waals surface area contributed by atoms with Gasteiger partial charge in [-0.2, -0.15) is 0 Å². The summed E-state index contributed by atoms with van der Waals surface area (Å²) in [5.41, 5.74) is 1.53. The topological polar surface area (TPSA) is 65.1 Å². The third-order valence-electron chi connectivity index (χ3n) is 2.70. The van der Waals surface area contributed by atoms with Gasteiger partial charge in [-0.3, -0.25) is 4.79 Å². The van der Waals surface area contributed by atoms with Crippen molar-refractivity contribution in [2.24, 2.45) is 0 Å². The lowest BCUT2D eigenvalue weighted by molar-refractivity contribution is 0.0953. The van der Waals surface area contributed by atoms with Crippen molar-refractivity contribution in [1.82, 2.24) is 10.3 Å². The molecule has 0 radical (unpaired) electrons. The smallest absolute Gasteiger partial charge is 0.254 e. The van der Waals surface area contributed by atoms with Crippen LogP contribution in [0.25, 0.3) is 0 Å². The zero-order chi connectivity index (χ0) is 13.7. The van der Waals surface area contributed by atoms with Gasteiger partial charge in [0.15, 0.2) is 0 Å². The Hall–Kier alpha value is -2.14. The third kappa shape index (κ3) is 3.66. The second kappa shape index (κ2) is 6.15. The molecular weight excluding hydrogens is 260 g/mol. The van der Waals surface area contributed by atoms with E-state index >= 15 is 0 Å². The minimum Gasteiger partial charge on any atom is -0.508 e. The normalized spacial score (nSPS) is 10.1. The van der Waals surface area contributed by atoms with Crippen molar-refractivity contribution in [1.29, 1.82) is 0 Å². The summed E-state index contributed by atoms with van der Waals surface area (Å²) in [6.45, 7) is 0.521.